The average molecular weight is 413 g/mol. The van der Waals surface area contributed by atoms with Gasteiger partial charge in [0.05, 0.1) is 18.2 Å². The predicted molar refractivity (Wildman–Crippen MR) is 99.0 cm³/mol. The van der Waals surface area contributed by atoms with Gasteiger partial charge in [0.25, 0.3) is 5.56 Å². The molecule has 0 aliphatic carbocycles. The van der Waals surface area contributed by atoms with Gasteiger partial charge in [0.15, 0.2) is 6.10 Å². The van der Waals surface area contributed by atoms with Crippen LogP contribution in [0.4, 0.5) is 13.2 Å². The monoisotopic (exact) mass is 413 g/mol. The van der Waals surface area contributed by atoms with E-state index in [1.807, 2.05) is 0 Å². The molecular formula is C20H22F3NO5. The zero-order chi connectivity index (χ0) is 21.6. The van der Waals surface area contributed by atoms with Crippen molar-refractivity contribution < 1.29 is 32.5 Å². The second-order valence-corrected chi connectivity index (χ2v) is 6.65. The summed E-state index contributed by atoms with van der Waals surface area (Å²) in [6.07, 6.45) is -4.15. The first-order valence-electron chi connectivity index (χ1n) is 8.94. The molecule has 1 heterocycles. The molecule has 2 aromatic rings. The molecular weight excluding hydrogens is 391 g/mol. The molecule has 1 aromatic heterocycles. The number of benzene rings is 1. The molecule has 9 heteroatoms. The maximum absolute atomic E-state index is 12.5. The van der Waals surface area contributed by atoms with Crippen molar-refractivity contribution in [1.82, 2.24) is 4.57 Å². The van der Waals surface area contributed by atoms with Gasteiger partial charge in [0.2, 0.25) is 0 Å². The summed E-state index contributed by atoms with van der Waals surface area (Å²) < 4.78 is 49.7. The number of carboxylic acid groups (broad SMARTS) is 1. The molecule has 2 rings (SSSR count). The molecule has 6 nitrogen and oxygen atoms in total. The van der Waals surface area contributed by atoms with Gasteiger partial charge < -0.3 is 19.1 Å². The maximum atomic E-state index is 12.5. The molecule has 0 fully saturated rings. The van der Waals surface area contributed by atoms with Gasteiger partial charge in [-0.05, 0) is 49.7 Å². The third kappa shape index (κ3) is 6.94. The Kier molecular flexibility index (Phi) is 7.44. The fourth-order valence-corrected chi connectivity index (χ4v) is 2.60. The highest BCUT2D eigenvalue weighted by molar-refractivity contribution is 5.72. The van der Waals surface area contributed by atoms with Crippen molar-refractivity contribution in [3.8, 4) is 5.75 Å². The third-order valence-corrected chi connectivity index (χ3v) is 3.98. The quantitative estimate of drug-likeness (QED) is 0.682. The summed E-state index contributed by atoms with van der Waals surface area (Å²) in [6, 6.07) is 7.24. The first-order valence-corrected chi connectivity index (χ1v) is 8.94. The van der Waals surface area contributed by atoms with E-state index in [1.54, 1.807) is 19.9 Å². The zero-order valence-electron chi connectivity index (χ0n) is 16.0. The van der Waals surface area contributed by atoms with Gasteiger partial charge in [0.1, 0.15) is 12.4 Å². The number of rotatable bonds is 9. The summed E-state index contributed by atoms with van der Waals surface area (Å²) in [7, 11) is 0. The lowest BCUT2D eigenvalue weighted by atomic mass is 10.1. The van der Waals surface area contributed by atoms with Gasteiger partial charge in [-0.1, -0.05) is 0 Å². The van der Waals surface area contributed by atoms with Crippen LogP contribution in [0.5, 0.6) is 5.75 Å². The molecule has 0 bridgehead atoms. The number of hydrogen-bond acceptors (Lipinski definition) is 4. The minimum Gasteiger partial charge on any atom is -0.492 e. The number of nitrogens with zero attached hydrogens (tertiary/aromatic N) is 1. The molecule has 1 unspecified atom stereocenters. The molecule has 0 amide bonds. The fourth-order valence-electron chi connectivity index (χ4n) is 2.60. The number of aromatic nitrogens is 1. The Balaban J connectivity index is 1.94. The predicted octanol–water partition coefficient (Wildman–Crippen LogP) is 3.37. The Bertz CT molecular complexity index is 875. The smallest absolute Gasteiger partial charge is 0.416 e. The summed E-state index contributed by atoms with van der Waals surface area (Å²) in [5.74, 6) is -0.842. The summed E-state index contributed by atoms with van der Waals surface area (Å²) >= 11 is 0. The topological polar surface area (TPSA) is 77.8 Å². The Morgan fingerprint density at radius 1 is 1.17 bits per heavy atom. The van der Waals surface area contributed by atoms with Crippen LogP contribution in [0.2, 0.25) is 0 Å². The number of alkyl halides is 3. The Morgan fingerprint density at radius 3 is 2.34 bits per heavy atom. The first kappa shape index (κ1) is 22.5. The molecule has 1 atom stereocenters. The standard InChI is InChI=1S/C20H22F3NO5/c1-13(2)29-17(19(26)27)11-14-7-8-24(18(25)12-14)9-10-28-16-5-3-15(4-6-16)20(21,22)23/h3-8,12-13,17H,9-11H2,1-2H3,(H,26,27). The van der Waals surface area contributed by atoms with Gasteiger partial charge in [-0.15, -0.1) is 0 Å². The van der Waals surface area contributed by atoms with Crippen LogP contribution < -0.4 is 10.3 Å². The molecule has 0 aliphatic rings. The number of ether oxygens (including phenoxy) is 2. The SMILES string of the molecule is CC(C)OC(Cc1ccn(CCOc2ccc(C(F)(F)F)cc2)c(=O)c1)C(=O)O. The van der Waals surface area contributed by atoms with Gasteiger partial charge in [0, 0.05) is 18.7 Å². The molecule has 0 saturated carbocycles. The van der Waals surface area contributed by atoms with E-state index in [2.05, 4.69) is 0 Å². The Morgan fingerprint density at radius 2 is 1.83 bits per heavy atom. The highest BCUT2D eigenvalue weighted by Crippen LogP contribution is 2.30. The Hall–Kier alpha value is -2.81. The zero-order valence-corrected chi connectivity index (χ0v) is 16.0. The highest BCUT2D eigenvalue weighted by atomic mass is 19.4. The second-order valence-electron chi connectivity index (χ2n) is 6.65. The van der Waals surface area contributed by atoms with E-state index in [1.165, 1.54) is 29.0 Å². The summed E-state index contributed by atoms with van der Waals surface area (Å²) in [5.41, 5.74) is -0.576. The van der Waals surface area contributed by atoms with Crippen LogP contribution in [-0.2, 0) is 28.7 Å². The number of pyridine rings is 1. The molecule has 0 aliphatic heterocycles. The summed E-state index contributed by atoms with van der Waals surface area (Å²) in [5, 5.41) is 9.21. The van der Waals surface area contributed by atoms with Crippen molar-refractivity contribution in [2.24, 2.45) is 0 Å². The van der Waals surface area contributed by atoms with Crippen LogP contribution in [0.15, 0.2) is 47.4 Å². The number of carboxylic acids is 1. The van der Waals surface area contributed by atoms with E-state index < -0.39 is 23.8 Å². The number of halogens is 3. The van der Waals surface area contributed by atoms with E-state index in [4.69, 9.17) is 9.47 Å². The van der Waals surface area contributed by atoms with E-state index in [0.717, 1.165) is 12.1 Å². The average Bonchev–Trinajstić information content (AvgIpc) is 2.62. The van der Waals surface area contributed by atoms with E-state index in [-0.39, 0.29) is 37.0 Å². The lowest BCUT2D eigenvalue weighted by Crippen LogP contribution is -2.30. The van der Waals surface area contributed by atoms with E-state index >= 15 is 0 Å². The van der Waals surface area contributed by atoms with Crippen molar-refractivity contribution in [2.75, 3.05) is 6.61 Å². The molecule has 1 N–H and O–H groups in total. The van der Waals surface area contributed by atoms with E-state index in [9.17, 15) is 27.9 Å². The van der Waals surface area contributed by atoms with Crippen LogP contribution in [0.25, 0.3) is 0 Å². The van der Waals surface area contributed by atoms with Crippen molar-refractivity contribution in [2.45, 2.75) is 45.2 Å². The number of carbonyl (C=O) groups is 1. The fraction of sp³-hybridized carbons (Fsp3) is 0.400. The second kappa shape index (κ2) is 9.60. The number of hydrogen-bond donors (Lipinski definition) is 1. The lowest BCUT2D eigenvalue weighted by Gasteiger charge is -2.16. The van der Waals surface area contributed by atoms with Crippen LogP contribution in [0.1, 0.15) is 25.0 Å². The van der Waals surface area contributed by atoms with Crippen molar-refractivity contribution >= 4 is 5.97 Å². The van der Waals surface area contributed by atoms with Crippen molar-refractivity contribution in [3.05, 3.63) is 64.1 Å². The molecule has 1 aromatic carbocycles. The van der Waals surface area contributed by atoms with Gasteiger partial charge in [-0.25, -0.2) is 4.79 Å². The number of aliphatic carboxylic acids is 1. The molecule has 0 saturated heterocycles. The normalized spacial score (nSPS) is 12.8. The third-order valence-electron chi connectivity index (χ3n) is 3.98. The van der Waals surface area contributed by atoms with Crippen LogP contribution in [-0.4, -0.2) is 34.5 Å². The van der Waals surface area contributed by atoms with E-state index in [0.29, 0.717) is 5.56 Å². The lowest BCUT2D eigenvalue weighted by molar-refractivity contribution is -0.153. The van der Waals surface area contributed by atoms with Crippen LogP contribution in [0, 0.1) is 0 Å². The minimum absolute atomic E-state index is 0.0612. The molecule has 0 spiro atoms. The summed E-state index contributed by atoms with van der Waals surface area (Å²) in [4.78, 5) is 23.5. The maximum Gasteiger partial charge on any atom is 0.416 e. The molecule has 29 heavy (non-hydrogen) atoms. The minimum atomic E-state index is -4.41. The van der Waals surface area contributed by atoms with Gasteiger partial charge in [-0.3, -0.25) is 4.79 Å². The van der Waals surface area contributed by atoms with Gasteiger partial charge in [-0.2, -0.15) is 13.2 Å². The summed E-state index contributed by atoms with van der Waals surface area (Å²) in [6.45, 7) is 3.72. The Labute approximate surface area is 165 Å². The highest BCUT2D eigenvalue weighted by Gasteiger charge is 2.30. The first-order chi connectivity index (χ1) is 13.6. The molecule has 158 valence electrons. The van der Waals surface area contributed by atoms with Crippen LogP contribution >= 0.6 is 0 Å². The largest absolute Gasteiger partial charge is 0.492 e. The van der Waals surface area contributed by atoms with Crippen molar-refractivity contribution in [1.29, 1.82) is 0 Å². The van der Waals surface area contributed by atoms with Crippen molar-refractivity contribution in [3.63, 3.8) is 0 Å². The van der Waals surface area contributed by atoms with Gasteiger partial charge >= 0.3 is 12.1 Å². The van der Waals surface area contributed by atoms with Crippen LogP contribution in [0.3, 0.4) is 0 Å². The molecule has 0 radical (unpaired) electrons.